The molecular weight excluding hydrogens is 304 g/mol. The van der Waals surface area contributed by atoms with Crippen molar-refractivity contribution in [2.45, 2.75) is 9.79 Å². The Kier molecular flexibility index (Phi) is 3.75. The average molecular weight is 314 g/mol. The second-order valence-corrected chi connectivity index (χ2v) is 6.90. The van der Waals surface area contributed by atoms with Crippen LogP contribution in [0.15, 0.2) is 58.6 Å². The van der Waals surface area contributed by atoms with Gasteiger partial charge in [-0.05, 0) is 30.3 Å². The Morgan fingerprint density at radius 2 is 1.55 bits per heavy atom. The van der Waals surface area contributed by atoms with Gasteiger partial charge in [0, 0.05) is 12.4 Å². The summed E-state index contributed by atoms with van der Waals surface area (Å²) >= 11 is 0. The van der Waals surface area contributed by atoms with Crippen molar-refractivity contribution < 1.29 is 21.4 Å². The van der Waals surface area contributed by atoms with E-state index in [4.69, 9.17) is 4.55 Å². The van der Waals surface area contributed by atoms with Gasteiger partial charge in [0.25, 0.3) is 20.1 Å². The highest BCUT2D eigenvalue weighted by Crippen LogP contribution is 2.18. The van der Waals surface area contributed by atoms with E-state index in [2.05, 4.69) is 9.71 Å². The number of pyridine rings is 1. The topological polar surface area (TPSA) is 113 Å². The molecule has 0 saturated heterocycles. The summed E-state index contributed by atoms with van der Waals surface area (Å²) in [6, 6.07) is 7.32. The zero-order valence-corrected chi connectivity index (χ0v) is 11.6. The summed E-state index contributed by atoms with van der Waals surface area (Å²) in [6.45, 7) is 0. The van der Waals surface area contributed by atoms with Crippen molar-refractivity contribution in [3.05, 3.63) is 48.8 Å². The molecule has 0 aliphatic heterocycles. The molecular formula is C11H10N2O5S2. The minimum atomic E-state index is -4.46. The van der Waals surface area contributed by atoms with Crippen LogP contribution in [0.25, 0.3) is 0 Å². The van der Waals surface area contributed by atoms with E-state index in [1.807, 2.05) is 0 Å². The molecule has 0 amide bonds. The maximum absolute atomic E-state index is 12.1. The van der Waals surface area contributed by atoms with Crippen molar-refractivity contribution >= 4 is 25.8 Å². The van der Waals surface area contributed by atoms with Gasteiger partial charge in [-0.2, -0.15) is 8.42 Å². The molecule has 0 atom stereocenters. The zero-order valence-electron chi connectivity index (χ0n) is 9.96. The van der Waals surface area contributed by atoms with Gasteiger partial charge in [-0.15, -0.1) is 0 Å². The van der Waals surface area contributed by atoms with E-state index in [0.717, 1.165) is 12.1 Å². The molecule has 1 heterocycles. The fourth-order valence-corrected chi connectivity index (χ4v) is 3.14. The normalized spacial score (nSPS) is 12.1. The molecule has 1 aromatic heterocycles. The van der Waals surface area contributed by atoms with Crippen LogP contribution in [-0.2, 0) is 20.1 Å². The van der Waals surface area contributed by atoms with E-state index < -0.39 is 25.0 Å². The lowest BCUT2D eigenvalue weighted by Crippen LogP contribution is -2.13. The molecule has 0 bridgehead atoms. The van der Waals surface area contributed by atoms with Crippen LogP contribution in [0.5, 0.6) is 0 Å². The highest BCUT2D eigenvalue weighted by molar-refractivity contribution is 7.92. The largest absolute Gasteiger partial charge is 0.294 e. The first-order valence-electron chi connectivity index (χ1n) is 5.29. The molecule has 1 aromatic carbocycles. The second-order valence-electron chi connectivity index (χ2n) is 3.79. The third-order valence-corrected chi connectivity index (χ3v) is 4.57. The zero-order chi connectivity index (χ0) is 14.8. The van der Waals surface area contributed by atoms with Crippen LogP contribution >= 0.6 is 0 Å². The van der Waals surface area contributed by atoms with Gasteiger partial charge in [0.15, 0.2) is 0 Å². The third-order valence-electron chi connectivity index (χ3n) is 2.35. The van der Waals surface area contributed by atoms with Crippen LogP contribution < -0.4 is 4.72 Å². The van der Waals surface area contributed by atoms with E-state index >= 15 is 0 Å². The number of hydrogen-bond acceptors (Lipinski definition) is 5. The number of aromatic nitrogens is 1. The summed E-state index contributed by atoms with van der Waals surface area (Å²) in [5.41, 5.74) is 0.289. The smallest absolute Gasteiger partial charge is 0.282 e. The highest BCUT2D eigenvalue weighted by Gasteiger charge is 2.18. The molecule has 20 heavy (non-hydrogen) atoms. The Morgan fingerprint density at radius 3 is 2.15 bits per heavy atom. The molecule has 0 saturated carbocycles. The van der Waals surface area contributed by atoms with Crippen molar-refractivity contribution in [1.82, 2.24) is 4.98 Å². The third kappa shape index (κ3) is 3.32. The number of anilines is 1. The van der Waals surface area contributed by atoms with Crippen molar-refractivity contribution in [1.29, 1.82) is 0 Å². The van der Waals surface area contributed by atoms with E-state index in [0.29, 0.717) is 0 Å². The first-order chi connectivity index (χ1) is 9.29. The Morgan fingerprint density at radius 1 is 0.950 bits per heavy atom. The van der Waals surface area contributed by atoms with Gasteiger partial charge >= 0.3 is 0 Å². The lowest BCUT2D eigenvalue weighted by molar-refractivity contribution is 0.483. The van der Waals surface area contributed by atoms with Crippen LogP contribution in [0.2, 0.25) is 0 Å². The van der Waals surface area contributed by atoms with E-state index in [9.17, 15) is 16.8 Å². The summed E-state index contributed by atoms with van der Waals surface area (Å²) in [5.74, 6) is 0. The molecule has 106 valence electrons. The SMILES string of the molecule is O=S(=O)(O)c1cccc(S(=O)(=O)Nc2ccncc2)c1. The first-order valence-corrected chi connectivity index (χ1v) is 8.22. The van der Waals surface area contributed by atoms with Crippen LogP contribution in [0.4, 0.5) is 5.69 Å². The van der Waals surface area contributed by atoms with E-state index in [1.165, 1.54) is 36.7 Å². The number of nitrogens with zero attached hydrogens (tertiary/aromatic N) is 1. The molecule has 0 unspecified atom stereocenters. The van der Waals surface area contributed by atoms with Gasteiger partial charge in [-0.25, -0.2) is 8.42 Å². The quantitative estimate of drug-likeness (QED) is 0.818. The molecule has 2 N–H and O–H groups in total. The van der Waals surface area contributed by atoms with E-state index in [-0.39, 0.29) is 10.6 Å². The molecule has 7 nitrogen and oxygen atoms in total. The molecule has 2 aromatic rings. The van der Waals surface area contributed by atoms with Gasteiger partial charge < -0.3 is 0 Å². The Hall–Kier alpha value is -1.97. The molecule has 0 radical (unpaired) electrons. The van der Waals surface area contributed by atoms with Crippen LogP contribution in [0.1, 0.15) is 0 Å². The lowest BCUT2D eigenvalue weighted by atomic mass is 10.4. The van der Waals surface area contributed by atoms with Crippen molar-refractivity contribution in [2.24, 2.45) is 0 Å². The van der Waals surface area contributed by atoms with Crippen LogP contribution in [0, 0.1) is 0 Å². The summed E-state index contributed by atoms with van der Waals surface area (Å²) in [5, 5.41) is 0. The lowest BCUT2D eigenvalue weighted by Gasteiger charge is -2.08. The average Bonchev–Trinajstić information content (AvgIpc) is 2.38. The second kappa shape index (κ2) is 5.19. The summed E-state index contributed by atoms with van der Waals surface area (Å²) < 4.78 is 57.3. The van der Waals surface area contributed by atoms with Gasteiger partial charge in [0.1, 0.15) is 0 Å². The minimum absolute atomic E-state index is 0.274. The monoisotopic (exact) mass is 314 g/mol. The fraction of sp³-hybridized carbons (Fsp3) is 0. The number of sulfonamides is 1. The predicted octanol–water partition coefficient (Wildman–Crippen LogP) is 1.13. The highest BCUT2D eigenvalue weighted by atomic mass is 32.2. The van der Waals surface area contributed by atoms with Crippen LogP contribution in [-0.4, -0.2) is 26.4 Å². The molecule has 0 spiro atoms. The summed E-state index contributed by atoms with van der Waals surface area (Å²) in [4.78, 5) is 2.98. The molecule has 0 fully saturated rings. The number of benzene rings is 1. The predicted molar refractivity (Wildman–Crippen MR) is 71.3 cm³/mol. The minimum Gasteiger partial charge on any atom is -0.282 e. The maximum Gasteiger partial charge on any atom is 0.294 e. The van der Waals surface area contributed by atoms with Gasteiger partial charge in [0.2, 0.25) is 0 Å². The van der Waals surface area contributed by atoms with Crippen molar-refractivity contribution in [3.63, 3.8) is 0 Å². The van der Waals surface area contributed by atoms with E-state index in [1.54, 1.807) is 0 Å². The maximum atomic E-state index is 12.1. The molecule has 9 heteroatoms. The standard InChI is InChI=1S/C11H10N2O5S2/c14-19(15,13-9-4-6-12-7-5-9)10-2-1-3-11(8-10)20(16,17)18/h1-8H,(H,12,13)(H,16,17,18). The first kappa shape index (κ1) is 14.4. The van der Waals surface area contributed by atoms with Gasteiger partial charge in [0.05, 0.1) is 15.5 Å². The fourth-order valence-electron chi connectivity index (χ4n) is 1.44. The Balaban J connectivity index is 2.40. The summed E-state index contributed by atoms with van der Waals surface area (Å²) in [7, 11) is -8.41. The van der Waals surface area contributed by atoms with Gasteiger partial charge in [-0.1, -0.05) is 6.07 Å². The molecule has 0 aliphatic rings. The number of nitrogens with one attached hydrogen (secondary N) is 1. The van der Waals surface area contributed by atoms with Gasteiger partial charge in [-0.3, -0.25) is 14.3 Å². The Labute approximate surface area is 116 Å². The van der Waals surface area contributed by atoms with Crippen molar-refractivity contribution in [3.8, 4) is 0 Å². The molecule has 0 aliphatic carbocycles. The van der Waals surface area contributed by atoms with Crippen LogP contribution in [0.3, 0.4) is 0 Å². The molecule has 2 rings (SSSR count). The number of rotatable bonds is 4. The summed E-state index contributed by atoms with van der Waals surface area (Å²) in [6.07, 6.45) is 2.82. The Bertz CT molecular complexity index is 817. The number of hydrogen-bond donors (Lipinski definition) is 2. The van der Waals surface area contributed by atoms with Crippen molar-refractivity contribution in [2.75, 3.05) is 4.72 Å².